The predicted molar refractivity (Wildman–Crippen MR) is 67.1 cm³/mol. The van der Waals surface area contributed by atoms with Gasteiger partial charge in [0.15, 0.2) is 0 Å². The quantitative estimate of drug-likeness (QED) is 0.831. The number of aromatic nitrogens is 3. The van der Waals surface area contributed by atoms with Crippen LogP contribution < -0.4 is 9.47 Å². The predicted octanol–water partition coefficient (Wildman–Crippen LogP) is 3.11. The smallest absolute Gasteiger partial charge is 0.329 e. The zero-order valence-electron chi connectivity index (χ0n) is 9.84. The summed E-state index contributed by atoms with van der Waals surface area (Å²) in [5, 5.41) is 0.0436. The summed E-state index contributed by atoms with van der Waals surface area (Å²) in [6.07, 6.45) is 0.859. The molecule has 2 aromatic rings. The molecule has 0 aliphatic heterocycles. The maximum atomic E-state index is 5.77. The van der Waals surface area contributed by atoms with Crippen molar-refractivity contribution in [1.29, 1.82) is 0 Å². The standard InChI is InChI=1S/C12H12ClN3O2/c1-2-8-17-11-14-10(13)15-12(16-11)18-9-6-4-3-5-7-9/h3-7H,2,8H2,1H3. The van der Waals surface area contributed by atoms with Crippen molar-refractivity contribution in [3.05, 3.63) is 35.6 Å². The van der Waals surface area contributed by atoms with Gasteiger partial charge in [-0.1, -0.05) is 25.1 Å². The normalized spacial score (nSPS) is 10.1. The van der Waals surface area contributed by atoms with Gasteiger partial charge in [-0.15, -0.1) is 4.98 Å². The number of hydrogen-bond donors (Lipinski definition) is 0. The first-order valence-electron chi connectivity index (χ1n) is 5.55. The minimum atomic E-state index is 0.0436. The van der Waals surface area contributed by atoms with Gasteiger partial charge >= 0.3 is 12.0 Å². The molecule has 0 amide bonds. The number of para-hydroxylation sites is 1. The van der Waals surface area contributed by atoms with Crippen LogP contribution in [0, 0.1) is 0 Å². The first-order chi connectivity index (χ1) is 8.78. The molecule has 0 saturated carbocycles. The molecule has 0 spiro atoms. The summed E-state index contributed by atoms with van der Waals surface area (Å²) in [4.78, 5) is 11.7. The Hall–Kier alpha value is -1.88. The molecule has 0 fully saturated rings. The second-order valence-corrected chi connectivity index (χ2v) is 3.77. The Morgan fingerprint density at radius 1 is 1.06 bits per heavy atom. The highest BCUT2D eigenvalue weighted by Gasteiger charge is 2.07. The summed E-state index contributed by atoms with van der Waals surface area (Å²) in [5.74, 6) is 0.626. The van der Waals surface area contributed by atoms with E-state index in [1.807, 2.05) is 25.1 Å². The van der Waals surface area contributed by atoms with Crippen molar-refractivity contribution in [1.82, 2.24) is 15.0 Å². The number of ether oxygens (including phenoxy) is 2. The van der Waals surface area contributed by atoms with E-state index in [4.69, 9.17) is 21.1 Å². The number of hydrogen-bond acceptors (Lipinski definition) is 5. The van der Waals surface area contributed by atoms with Crippen molar-refractivity contribution in [2.45, 2.75) is 13.3 Å². The minimum absolute atomic E-state index is 0.0436. The molecule has 6 heteroatoms. The van der Waals surface area contributed by atoms with Crippen LogP contribution >= 0.6 is 11.6 Å². The number of benzene rings is 1. The van der Waals surface area contributed by atoms with Gasteiger partial charge in [0, 0.05) is 0 Å². The average Bonchev–Trinajstić information content (AvgIpc) is 2.37. The first kappa shape index (κ1) is 12.6. The highest BCUT2D eigenvalue weighted by molar-refractivity contribution is 6.28. The molecule has 18 heavy (non-hydrogen) atoms. The van der Waals surface area contributed by atoms with Crippen LogP contribution in [0.5, 0.6) is 17.8 Å². The molecule has 0 bridgehead atoms. The van der Waals surface area contributed by atoms with Crippen molar-refractivity contribution in [3.8, 4) is 17.8 Å². The van der Waals surface area contributed by atoms with Gasteiger partial charge < -0.3 is 9.47 Å². The van der Waals surface area contributed by atoms with Crippen LogP contribution in [0.15, 0.2) is 30.3 Å². The van der Waals surface area contributed by atoms with Gasteiger partial charge in [0.1, 0.15) is 5.75 Å². The fourth-order valence-corrected chi connectivity index (χ4v) is 1.36. The molecule has 0 atom stereocenters. The number of halogens is 1. The van der Waals surface area contributed by atoms with Crippen LogP contribution in [0.1, 0.15) is 13.3 Å². The lowest BCUT2D eigenvalue weighted by Crippen LogP contribution is -2.02. The third-order valence-electron chi connectivity index (χ3n) is 1.95. The van der Waals surface area contributed by atoms with E-state index >= 15 is 0 Å². The van der Waals surface area contributed by atoms with Gasteiger partial charge in [-0.05, 0) is 30.2 Å². The summed E-state index contributed by atoms with van der Waals surface area (Å²) in [5.41, 5.74) is 0. The van der Waals surface area contributed by atoms with Gasteiger partial charge in [0.05, 0.1) is 6.61 Å². The Morgan fingerprint density at radius 3 is 2.50 bits per heavy atom. The van der Waals surface area contributed by atoms with E-state index in [2.05, 4.69) is 15.0 Å². The Balaban J connectivity index is 2.15. The van der Waals surface area contributed by atoms with E-state index in [-0.39, 0.29) is 17.3 Å². The Morgan fingerprint density at radius 2 is 1.78 bits per heavy atom. The molecule has 1 heterocycles. The molecular weight excluding hydrogens is 254 g/mol. The van der Waals surface area contributed by atoms with E-state index < -0.39 is 0 Å². The Kier molecular flexibility index (Phi) is 4.30. The second kappa shape index (κ2) is 6.16. The van der Waals surface area contributed by atoms with Crippen LogP contribution in [0.4, 0.5) is 0 Å². The molecule has 0 N–H and O–H groups in total. The molecule has 1 aromatic heterocycles. The van der Waals surface area contributed by atoms with E-state index in [0.29, 0.717) is 12.4 Å². The summed E-state index contributed by atoms with van der Waals surface area (Å²) < 4.78 is 10.7. The SMILES string of the molecule is CCCOc1nc(Cl)nc(Oc2ccccc2)n1. The monoisotopic (exact) mass is 265 g/mol. The van der Waals surface area contributed by atoms with E-state index in [1.54, 1.807) is 12.1 Å². The molecule has 0 unspecified atom stereocenters. The highest BCUT2D eigenvalue weighted by atomic mass is 35.5. The van der Waals surface area contributed by atoms with Gasteiger partial charge in [0.2, 0.25) is 5.28 Å². The van der Waals surface area contributed by atoms with Crippen molar-refractivity contribution >= 4 is 11.6 Å². The van der Waals surface area contributed by atoms with Crippen LogP contribution in [0.2, 0.25) is 5.28 Å². The molecule has 0 saturated heterocycles. The van der Waals surface area contributed by atoms with Crippen LogP contribution in [0.25, 0.3) is 0 Å². The van der Waals surface area contributed by atoms with Gasteiger partial charge in [-0.3, -0.25) is 0 Å². The van der Waals surface area contributed by atoms with E-state index in [0.717, 1.165) is 6.42 Å². The lowest BCUT2D eigenvalue weighted by atomic mass is 10.3. The molecule has 2 rings (SSSR count). The number of rotatable bonds is 5. The highest BCUT2D eigenvalue weighted by Crippen LogP contribution is 2.20. The van der Waals surface area contributed by atoms with Crippen LogP contribution in [0.3, 0.4) is 0 Å². The molecule has 5 nitrogen and oxygen atoms in total. The fraction of sp³-hybridized carbons (Fsp3) is 0.250. The summed E-state index contributed by atoms with van der Waals surface area (Å²) >= 11 is 5.77. The van der Waals surface area contributed by atoms with Crippen LogP contribution in [-0.2, 0) is 0 Å². The molecular formula is C12H12ClN3O2. The Bertz CT molecular complexity index is 508. The van der Waals surface area contributed by atoms with Gasteiger partial charge in [-0.25, -0.2) is 0 Å². The van der Waals surface area contributed by atoms with Crippen LogP contribution in [-0.4, -0.2) is 21.6 Å². The van der Waals surface area contributed by atoms with Gasteiger partial charge in [0.25, 0.3) is 0 Å². The topological polar surface area (TPSA) is 57.1 Å². The lowest BCUT2D eigenvalue weighted by Gasteiger charge is -2.06. The van der Waals surface area contributed by atoms with Crippen molar-refractivity contribution in [2.24, 2.45) is 0 Å². The number of nitrogens with zero attached hydrogens (tertiary/aromatic N) is 3. The summed E-state index contributed by atoms with van der Waals surface area (Å²) in [6.45, 7) is 2.51. The second-order valence-electron chi connectivity index (χ2n) is 3.43. The molecule has 0 radical (unpaired) electrons. The van der Waals surface area contributed by atoms with Crippen molar-refractivity contribution in [2.75, 3.05) is 6.61 Å². The maximum absolute atomic E-state index is 5.77. The molecule has 1 aromatic carbocycles. The van der Waals surface area contributed by atoms with Crippen molar-refractivity contribution < 1.29 is 9.47 Å². The summed E-state index contributed by atoms with van der Waals surface area (Å²) in [6, 6.07) is 9.48. The Labute approximate surface area is 110 Å². The largest absolute Gasteiger partial charge is 0.463 e. The third-order valence-corrected chi connectivity index (χ3v) is 2.12. The fourth-order valence-electron chi connectivity index (χ4n) is 1.21. The molecule has 0 aliphatic rings. The van der Waals surface area contributed by atoms with E-state index in [9.17, 15) is 0 Å². The summed E-state index contributed by atoms with van der Waals surface area (Å²) in [7, 11) is 0. The first-order valence-corrected chi connectivity index (χ1v) is 5.93. The molecule has 0 aliphatic carbocycles. The maximum Gasteiger partial charge on any atom is 0.329 e. The third kappa shape index (κ3) is 3.56. The zero-order valence-corrected chi connectivity index (χ0v) is 10.6. The zero-order chi connectivity index (χ0) is 12.8. The average molecular weight is 266 g/mol. The minimum Gasteiger partial charge on any atom is -0.463 e. The molecule has 94 valence electrons. The van der Waals surface area contributed by atoms with Gasteiger partial charge in [-0.2, -0.15) is 9.97 Å². The van der Waals surface area contributed by atoms with Crippen molar-refractivity contribution in [3.63, 3.8) is 0 Å². The lowest BCUT2D eigenvalue weighted by molar-refractivity contribution is 0.284. The van der Waals surface area contributed by atoms with E-state index in [1.165, 1.54) is 0 Å².